The normalized spacial score (nSPS) is 10.5. The van der Waals surface area contributed by atoms with Crippen molar-refractivity contribution in [2.45, 2.75) is 6.42 Å². The molecule has 0 amide bonds. The van der Waals surface area contributed by atoms with Crippen molar-refractivity contribution in [3.63, 3.8) is 0 Å². The fourth-order valence-corrected chi connectivity index (χ4v) is 1.11. The molecule has 68 valence electrons. The van der Waals surface area contributed by atoms with E-state index in [0.29, 0.717) is 6.54 Å². The third kappa shape index (κ3) is 3.22. The molecule has 1 rings (SSSR count). The zero-order valence-electron chi connectivity index (χ0n) is 7.44. The first kappa shape index (κ1) is 9.68. The Morgan fingerprint density at radius 1 is 1.23 bits per heavy atom. The molecule has 0 fully saturated rings. The second-order valence-electron chi connectivity index (χ2n) is 2.78. The molecular weight excluding hydrogens is 162 g/mol. The van der Waals surface area contributed by atoms with Crippen LogP contribution in [-0.2, 0) is 11.2 Å². The van der Waals surface area contributed by atoms with Crippen LogP contribution in [0.3, 0.4) is 0 Å². The van der Waals surface area contributed by atoms with E-state index in [4.69, 9.17) is 5.73 Å². The predicted octanol–water partition coefficient (Wildman–Crippen LogP) is 1.40. The highest BCUT2D eigenvalue weighted by Gasteiger charge is 1.90. The van der Waals surface area contributed by atoms with Crippen molar-refractivity contribution in [1.82, 2.24) is 0 Å². The molecule has 0 spiro atoms. The molecule has 0 radical (unpaired) electrons. The molecule has 0 aliphatic heterocycles. The Hall–Kier alpha value is -1.41. The summed E-state index contributed by atoms with van der Waals surface area (Å²) in [5.41, 5.74) is 7.68. The molecule has 0 aliphatic carbocycles. The second kappa shape index (κ2) is 5.27. The molecule has 0 unspecified atom stereocenters. The van der Waals surface area contributed by atoms with E-state index in [9.17, 15) is 4.79 Å². The van der Waals surface area contributed by atoms with Gasteiger partial charge in [0, 0.05) is 0 Å². The summed E-state index contributed by atoms with van der Waals surface area (Å²) in [6.07, 6.45) is 4.93. The van der Waals surface area contributed by atoms with Gasteiger partial charge in [-0.15, -0.1) is 0 Å². The predicted molar refractivity (Wildman–Crippen MR) is 54.3 cm³/mol. The number of hydrogen-bond acceptors (Lipinski definition) is 2. The van der Waals surface area contributed by atoms with Gasteiger partial charge in [0.1, 0.15) is 6.29 Å². The molecule has 2 N–H and O–H groups in total. The number of allylic oxidation sites excluding steroid dienone is 1. The van der Waals surface area contributed by atoms with E-state index in [2.05, 4.69) is 0 Å². The highest BCUT2D eigenvalue weighted by Crippen LogP contribution is 2.05. The fourth-order valence-electron chi connectivity index (χ4n) is 1.11. The lowest BCUT2D eigenvalue weighted by molar-refractivity contribution is -0.104. The molecule has 0 bridgehead atoms. The lowest BCUT2D eigenvalue weighted by Gasteiger charge is -1.98. The summed E-state index contributed by atoms with van der Waals surface area (Å²) < 4.78 is 0. The number of carbonyl (C=O) groups is 1. The lowest BCUT2D eigenvalue weighted by Crippen LogP contribution is -2.02. The minimum absolute atomic E-state index is 0.670. The van der Waals surface area contributed by atoms with Crippen molar-refractivity contribution in [3.05, 3.63) is 41.5 Å². The van der Waals surface area contributed by atoms with Gasteiger partial charge in [-0.2, -0.15) is 0 Å². The van der Waals surface area contributed by atoms with Gasteiger partial charge in [0.2, 0.25) is 0 Å². The van der Waals surface area contributed by atoms with Crippen LogP contribution in [0.25, 0.3) is 6.08 Å². The number of benzene rings is 1. The minimum atomic E-state index is 0.670. The Balaban J connectivity index is 2.69. The van der Waals surface area contributed by atoms with Gasteiger partial charge < -0.3 is 5.73 Å². The van der Waals surface area contributed by atoms with E-state index in [0.717, 1.165) is 18.3 Å². The third-order valence-corrected chi connectivity index (χ3v) is 1.78. The average molecular weight is 175 g/mol. The number of carbonyl (C=O) groups excluding carboxylic acids is 1. The van der Waals surface area contributed by atoms with Crippen molar-refractivity contribution in [3.8, 4) is 0 Å². The van der Waals surface area contributed by atoms with E-state index < -0.39 is 0 Å². The summed E-state index contributed by atoms with van der Waals surface area (Å²) in [5.74, 6) is 0. The Bertz CT molecular complexity index is 287. The molecule has 13 heavy (non-hydrogen) atoms. The van der Waals surface area contributed by atoms with Crippen molar-refractivity contribution in [2.24, 2.45) is 5.73 Å². The van der Waals surface area contributed by atoms with E-state index in [-0.39, 0.29) is 0 Å². The lowest BCUT2D eigenvalue weighted by atomic mass is 10.1. The molecule has 0 heterocycles. The Labute approximate surface area is 78.1 Å². The Morgan fingerprint density at radius 2 is 1.92 bits per heavy atom. The van der Waals surface area contributed by atoms with Crippen LogP contribution in [0.15, 0.2) is 30.3 Å². The van der Waals surface area contributed by atoms with E-state index >= 15 is 0 Å². The quantitative estimate of drug-likeness (QED) is 0.555. The molecule has 0 saturated heterocycles. The Morgan fingerprint density at radius 3 is 2.46 bits per heavy atom. The summed E-state index contributed by atoms with van der Waals surface area (Å²) in [7, 11) is 0. The largest absolute Gasteiger partial charge is 0.330 e. The SMILES string of the molecule is NCCc1ccc(/C=C/C=O)cc1. The molecule has 1 aromatic carbocycles. The molecule has 2 heteroatoms. The van der Waals surface area contributed by atoms with E-state index in [1.165, 1.54) is 11.6 Å². The first-order chi connectivity index (χ1) is 6.36. The van der Waals surface area contributed by atoms with Crippen LogP contribution >= 0.6 is 0 Å². The van der Waals surface area contributed by atoms with Crippen LogP contribution in [0.2, 0.25) is 0 Å². The zero-order valence-corrected chi connectivity index (χ0v) is 7.44. The van der Waals surface area contributed by atoms with Crippen molar-refractivity contribution < 1.29 is 4.79 Å². The first-order valence-corrected chi connectivity index (χ1v) is 4.27. The maximum atomic E-state index is 10.0. The van der Waals surface area contributed by atoms with Crippen LogP contribution in [0.5, 0.6) is 0 Å². The summed E-state index contributed by atoms with van der Waals surface area (Å²) in [6.45, 7) is 0.670. The summed E-state index contributed by atoms with van der Waals surface area (Å²) in [4.78, 5) is 10.0. The van der Waals surface area contributed by atoms with Crippen LogP contribution in [0, 0.1) is 0 Å². The van der Waals surface area contributed by atoms with Crippen LogP contribution in [0.4, 0.5) is 0 Å². The average Bonchev–Trinajstić information content (AvgIpc) is 2.17. The van der Waals surface area contributed by atoms with E-state index in [1.807, 2.05) is 24.3 Å². The topological polar surface area (TPSA) is 43.1 Å². The first-order valence-electron chi connectivity index (χ1n) is 4.27. The van der Waals surface area contributed by atoms with Crippen molar-refractivity contribution in [1.29, 1.82) is 0 Å². The third-order valence-electron chi connectivity index (χ3n) is 1.78. The summed E-state index contributed by atoms with van der Waals surface area (Å²) in [6, 6.07) is 8.00. The van der Waals surface area contributed by atoms with Gasteiger partial charge in [-0.1, -0.05) is 30.3 Å². The molecule has 0 aromatic heterocycles. The molecule has 2 nitrogen and oxygen atoms in total. The fraction of sp³-hybridized carbons (Fsp3) is 0.182. The van der Waals surface area contributed by atoms with Gasteiger partial charge in [-0.25, -0.2) is 0 Å². The number of hydrogen-bond donors (Lipinski definition) is 1. The van der Waals surface area contributed by atoms with Gasteiger partial charge in [-0.3, -0.25) is 4.79 Å². The smallest absolute Gasteiger partial charge is 0.142 e. The van der Waals surface area contributed by atoms with Gasteiger partial charge in [0.25, 0.3) is 0 Å². The maximum Gasteiger partial charge on any atom is 0.142 e. The molecule has 0 saturated carbocycles. The van der Waals surface area contributed by atoms with Gasteiger partial charge in [0.15, 0.2) is 0 Å². The number of nitrogens with two attached hydrogens (primary N) is 1. The monoisotopic (exact) mass is 175 g/mol. The van der Waals surface area contributed by atoms with Crippen LogP contribution in [-0.4, -0.2) is 12.8 Å². The number of rotatable bonds is 4. The van der Waals surface area contributed by atoms with Crippen LogP contribution in [0.1, 0.15) is 11.1 Å². The molecular formula is C11H13NO. The van der Waals surface area contributed by atoms with E-state index in [1.54, 1.807) is 6.08 Å². The van der Waals surface area contributed by atoms with Gasteiger partial charge >= 0.3 is 0 Å². The van der Waals surface area contributed by atoms with Gasteiger partial charge in [0.05, 0.1) is 0 Å². The second-order valence-corrected chi connectivity index (χ2v) is 2.78. The molecule has 0 aliphatic rings. The Kier molecular flexibility index (Phi) is 3.93. The minimum Gasteiger partial charge on any atom is -0.330 e. The molecule has 1 aromatic rings. The van der Waals surface area contributed by atoms with Crippen LogP contribution < -0.4 is 5.73 Å². The zero-order chi connectivity index (χ0) is 9.52. The highest BCUT2D eigenvalue weighted by molar-refractivity contribution is 5.73. The van der Waals surface area contributed by atoms with Crippen molar-refractivity contribution in [2.75, 3.05) is 6.54 Å². The maximum absolute atomic E-state index is 10.0. The van der Waals surface area contributed by atoms with Gasteiger partial charge in [-0.05, 0) is 30.2 Å². The summed E-state index contributed by atoms with van der Waals surface area (Å²) >= 11 is 0. The van der Waals surface area contributed by atoms with Crippen molar-refractivity contribution >= 4 is 12.4 Å². The molecule has 0 atom stereocenters. The highest BCUT2D eigenvalue weighted by atomic mass is 16.1. The summed E-state index contributed by atoms with van der Waals surface area (Å²) in [5, 5.41) is 0. The standard InChI is InChI=1S/C11H13NO/c12-8-7-11-5-3-10(4-6-11)2-1-9-13/h1-6,9H,7-8,12H2/b2-1+. The number of aldehydes is 1.